The van der Waals surface area contributed by atoms with Crippen LogP contribution >= 0.6 is 45.3 Å². The second kappa shape index (κ2) is 22.2. The number of fused-ring (bicyclic) bond motifs is 7. The number of hydrogen-bond donors (Lipinski definition) is 0. The molecule has 0 fully saturated rings. The van der Waals surface area contributed by atoms with E-state index in [9.17, 15) is 39.3 Å². The van der Waals surface area contributed by atoms with Gasteiger partial charge in [0.25, 0.3) is 23.6 Å². The Bertz CT molecular complexity index is 4210. The Morgan fingerprint density at radius 3 is 1.29 bits per heavy atom. The van der Waals surface area contributed by atoms with Crippen LogP contribution in [0.3, 0.4) is 0 Å². The molecule has 0 radical (unpaired) electrons. The third-order valence-corrected chi connectivity index (χ3v) is 17.3. The maximum atomic E-state index is 15.3. The molecule has 0 N–H and O–H groups in total. The van der Waals surface area contributed by atoms with Gasteiger partial charge >= 0.3 is 29.7 Å². The van der Waals surface area contributed by atoms with Gasteiger partial charge < -0.3 is 23.7 Å². The van der Waals surface area contributed by atoms with Gasteiger partial charge in [0, 0.05) is 11.1 Å². The molecule has 0 atom stereocenters. The summed E-state index contributed by atoms with van der Waals surface area (Å²) in [4.78, 5) is 132. The molecule has 0 unspecified atom stereocenters. The van der Waals surface area contributed by atoms with Crippen LogP contribution in [0.2, 0.25) is 0 Å². The summed E-state index contributed by atoms with van der Waals surface area (Å²) in [5.41, 5.74) is -2.99. The molecule has 0 saturated heterocycles. The minimum Gasteiger partial charge on any atom is -0.457 e. The average molecular weight is 1170 g/mol. The molecular weight excluding hydrogens is 1130 g/mol. The lowest BCUT2D eigenvalue weighted by Crippen LogP contribution is -2.52. The van der Waals surface area contributed by atoms with Gasteiger partial charge in [-0.15, -0.1) is 22.7 Å². The highest BCUT2D eigenvalue weighted by Crippen LogP contribution is 2.60. The Labute approximate surface area is 478 Å². The van der Waals surface area contributed by atoms with Crippen LogP contribution in [0.4, 0.5) is 19.9 Å². The molecule has 4 aromatic heterocycles. The molecule has 3 aliphatic heterocycles. The number of carbonyl (C=O) groups excluding carboxylic acids is 8. The first-order chi connectivity index (χ1) is 39.7. The minimum absolute atomic E-state index is 0.0399. The number of aromatic nitrogens is 2. The van der Waals surface area contributed by atoms with Crippen molar-refractivity contribution in [1.82, 2.24) is 19.8 Å². The smallest absolute Gasteiger partial charge is 0.424 e. The van der Waals surface area contributed by atoms with Gasteiger partial charge in [-0.3, -0.25) is 19.2 Å². The number of aliphatic imine (C=N–C) groups is 2. The Morgan fingerprint density at radius 1 is 0.524 bits per heavy atom. The van der Waals surface area contributed by atoms with Gasteiger partial charge in [0.2, 0.25) is 10.3 Å². The fourth-order valence-electron chi connectivity index (χ4n) is 8.69. The van der Waals surface area contributed by atoms with E-state index < -0.39 is 75.9 Å². The number of thiophene rings is 2. The van der Waals surface area contributed by atoms with Crippen molar-refractivity contribution in [3.05, 3.63) is 171 Å². The molecule has 0 bridgehead atoms. The molecule has 3 aliphatic rings. The molecule has 21 nitrogen and oxygen atoms in total. The van der Waals surface area contributed by atoms with Crippen LogP contribution in [-0.4, -0.2) is 78.9 Å². The number of nitrogens with zero attached hydrogens (tertiary/aromatic N) is 8. The van der Waals surface area contributed by atoms with Gasteiger partial charge in [-0.1, -0.05) is 144 Å². The molecule has 404 valence electrons. The predicted molar refractivity (Wildman–Crippen MR) is 297 cm³/mol. The van der Waals surface area contributed by atoms with Gasteiger partial charge in [0.05, 0.1) is 20.0 Å². The maximum absolute atomic E-state index is 15.3. The Balaban J connectivity index is 1.02. The third-order valence-electron chi connectivity index (χ3n) is 12.8. The second-order valence-corrected chi connectivity index (χ2v) is 21.8. The number of esters is 2. The second-order valence-electron chi connectivity index (χ2n) is 17.9. The molecule has 25 heteroatoms. The number of thiazole rings is 2. The molecule has 0 aliphatic carbocycles. The summed E-state index contributed by atoms with van der Waals surface area (Å²) < 4.78 is 29.8. The molecule has 0 saturated carbocycles. The van der Waals surface area contributed by atoms with Crippen LogP contribution in [0.5, 0.6) is 5.75 Å². The number of nitriles is 2. The monoisotopic (exact) mass is 1170 g/mol. The van der Waals surface area contributed by atoms with Crippen molar-refractivity contribution in [2.45, 2.75) is 45.9 Å². The van der Waals surface area contributed by atoms with Crippen molar-refractivity contribution in [2.24, 2.45) is 9.98 Å². The standard InChI is InChI=1S/C57H34N8O13S4/c1-29-35(23-58)47(66)64(55(72)76-27-33-19-11-5-12-20-33)49(68)38(29)60-53-62-45-42(81-53)37-41(79-45)43-40(78-57(37,51(70)74-25-31-15-7-3-8-16-31)52(71)75-26-32-17-9-4-10-18-32)44-46(80-43)63-54(82-44)61-39-30(2)36(24-59)48(67)65(50(39)69)56(73)77-28-34-21-13-6-14-22-34/h3-22H,25-28H2,1-2H3. The van der Waals surface area contributed by atoms with Gasteiger partial charge in [-0.25, -0.2) is 39.1 Å². The van der Waals surface area contributed by atoms with Crippen LogP contribution in [0.15, 0.2) is 154 Å². The van der Waals surface area contributed by atoms with Crippen LogP contribution in [0.25, 0.3) is 28.8 Å². The summed E-state index contributed by atoms with van der Waals surface area (Å²) in [5.74, 6) is -7.28. The molecule has 11 rings (SSSR count). The van der Waals surface area contributed by atoms with Crippen molar-refractivity contribution < 1.29 is 62.0 Å². The zero-order chi connectivity index (χ0) is 57.4. The first-order valence-electron chi connectivity index (χ1n) is 24.3. The topological polar surface area (TPSA) is 287 Å². The SMILES string of the molecule is CC1=C(C#N)C(=O)N(C(=O)OCc2ccccc2)C(=O)C1=Nc1nc2sc3c(c2s1)OC(C(=O)OCc1ccccc1)(C(=O)OCc1ccccc1)c1c-3sc2nc(N=C3C(=O)N(C(=O)OCc4ccccc4)C(=O)C(C#N)=C3C)sc12. The van der Waals surface area contributed by atoms with Crippen molar-refractivity contribution in [1.29, 1.82) is 10.5 Å². The maximum Gasteiger partial charge on any atom is 0.424 e. The summed E-state index contributed by atoms with van der Waals surface area (Å²) in [6.07, 6.45) is -2.69. The number of ether oxygens (including phenoxy) is 5. The minimum atomic E-state index is -2.79. The summed E-state index contributed by atoms with van der Waals surface area (Å²) in [6.45, 7) is 1.37. The van der Waals surface area contributed by atoms with E-state index in [1.807, 2.05) is 0 Å². The molecule has 7 heterocycles. The molecule has 6 amide bonds. The Morgan fingerprint density at radius 2 is 0.890 bits per heavy atom. The summed E-state index contributed by atoms with van der Waals surface area (Å²) >= 11 is 3.74. The molecule has 4 aromatic carbocycles. The predicted octanol–water partition coefficient (Wildman–Crippen LogP) is 10.0. The van der Waals surface area contributed by atoms with Crippen molar-refractivity contribution in [2.75, 3.05) is 0 Å². The Kier molecular flexibility index (Phi) is 14.5. The fourth-order valence-corrected chi connectivity index (χ4v) is 13.4. The van der Waals surface area contributed by atoms with E-state index in [1.54, 1.807) is 133 Å². The van der Waals surface area contributed by atoms with E-state index in [1.165, 1.54) is 13.8 Å². The largest absolute Gasteiger partial charge is 0.457 e. The zero-order valence-electron chi connectivity index (χ0n) is 42.4. The summed E-state index contributed by atoms with van der Waals surface area (Å²) in [5, 5.41) is 19.9. The number of imide groups is 6. The third kappa shape index (κ3) is 9.68. The lowest BCUT2D eigenvalue weighted by molar-refractivity contribution is -0.183. The highest BCUT2D eigenvalue weighted by Gasteiger charge is 2.61. The average Bonchev–Trinajstić information content (AvgIpc) is 2.48. The van der Waals surface area contributed by atoms with Gasteiger partial charge in [-0.05, 0) is 36.1 Å². The number of hydrogen-bond acceptors (Lipinski definition) is 23. The van der Waals surface area contributed by atoms with Gasteiger partial charge in [0.1, 0.15) is 75.5 Å². The van der Waals surface area contributed by atoms with Crippen molar-refractivity contribution in [3.63, 3.8) is 0 Å². The van der Waals surface area contributed by atoms with E-state index in [0.29, 0.717) is 32.0 Å². The van der Waals surface area contributed by atoms with Crippen LogP contribution in [0.1, 0.15) is 41.7 Å². The Hall–Kier alpha value is -10.2. The quantitative estimate of drug-likeness (QED) is 0.0475. The normalized spacial score (nSPS) is 15.8. The molecule has 0 spiro atoms. The molecular formula is C57H34N8O13S4. The van der Waals surface area contributed by atoms with Crippen molar-refractivity contribution >= 4 is 134 Å². The lowest BCUT2D eigenvalue weighted by atomic mass is 9.91. The van der Waals surface area contributed by atoms with Gasteiger partial charge in [0.15, 0.2) is 5.75 Å². The van der Waals surface area contributed by atoms with Crippen molar-refractivity contribution in [3.8, 4) is 27.6 Å². The zero-order valence-corrected chi connectivity index (χ0v) is 45.7. The van der Waals surface area contributed by atoms with Crippen LogP contribution in [0, 0.1) is 22.7 Å². The molecule has 8 aromatic rings. The van der Waals surface area contributed by atoms with Gasteiger partial charge in [-0.2, -0.15) is 20.3 Å². The lowest BCUT2D eigenvalue weighted by Gasteiger charge is -2.33. The van der Waals surface area contributed by atoms with E-state index in [4.69, 9.17) is 28.7 Å². The van der Waals surface area contributed by atoms with Crippen LogP contribution in [-0.2, 0) is 79.7 Å². The highest BCUT2D eigenvalue weighted by molar-refractivity contribution is 7.35. The number of benzene rings is 4. The summed E-state index contributed by atoms with van der Waals surface area (Å²) in [6, 6.07) is 37.8. The van der Waals surface area contributed by atoms with E-state index in [0.717, 1.165) is 45.3 Å². The fraction of sp³-hybridized carbons (Fsp3) is 0.123. The number of rotatable bonds is 12. The van der Waals surface area contributed by atoms with E-state index in [2.05, 4.69) is 15.0 Å². The number of amides is 6. The number of carbonyl (C=O) groups is 8. The van der Waals surface area contributed by atoms with Crippen LogP contribution < -0.4 is 4.74 Å². The highest BCUT2D eigenvalue weighted by atomic mass is 32.1. The van der Waals surface area contributed by atoms with E-state index >= 15 is 9.59 Å². The molecule has 82 heavy (non-hydrogen) atoms. The first kappa shape index (κ1) is 53.8. The summed E-state index contributed by atoms with van der Waals surface area (Å²) in [7, 11) is 0. The van der Waals surface area contributed by atoms with E-state index in [-0.39, 0.29) is 88.0 Å². The first-order valence-corrected chi connectivity index (χ1v) is 27.5.